The smallest absolute Gasteiger partial charge is 0.336 e. The van der Waals surface area contributed by atoms with Gasteiger partial charge in [0, 0.05) is 11.1 Å². The number of nitrogens with one attached hydrogen (secondary N) is 1. The highest BCUT2D eigenvalue weighted by Gasteiger charge is 2.18. The third-order valence-corrected chi connectivity index (χ3v) is 5.21. The Hall–Kier alpha value is -1.86. The van der Waals surface area contributed by atoms with Crippen LogP contribution in [0.5, 0.6) is 0 Å². The van der Waals surface area contributed by atoms with Crippen LogP contribution in [0.15, 0.2) is 39.9 Å². The van der Waals surface area contributed by atoms with Gasteiger partial charge in [0.2, 0.25) is 0 Å². The zero-order valence-corrected chi connectivity index (χ0v) is 11.6. The minimum absolute atomic E-state index is 0.0227. The van der Waals surface area contributed by atoms with Crippen molar-refractivity contribution >= 4 is 33.0 Å². The summed E-state index contributed by atoms with van der Waals surface area (Å²) in [6, 6.07) is 8.02. The lowest BCUT2D eigenvalue weighted by atomic mass is 10.2. The lowest BCUT2D eigenvalue weighted by Crippen LogP contribution is -2.11. The van der Waals surface area contributed by atoms with Crippen molar-refractivity contribution in [2.75, 3.05) is 4.72 Å². The molecule has 2 N–H and O–H groups in total. The van der Waals surface area contributed by atoms with Crippen LogP contribution in [-0.4, -0.2) is 19.5 Å². The summed E-state index contributed by atoms with van der Waals surface area (Å²) < 4.78 is 26.4. The topological polar surface area (TPSA) is 83.5 Å². The number of carboxylic acids is 1. The van der Waals surface area contributed by atoms with Gasteiger partial charge in [0.15, 0.2) is 0 Å². The van der Waals surface area contributed by atoms with Crippen LogP contribution in [0.4, 0.5) is 5.69 Å². The number of aromatic carboxylic acids is 1. The van der Waals surface area contributed by atoms with Gasteiger partial charge in [-0.15, -0.1) is 11.3 Å². The van der Waals surface area contributed by atoms with Gasteiger partial charge in [0.25, 0.3) is 10.0 Å². The molecule has 1 aromatic heterocycles. The summed E-state index contributed by atoms with van der Waals surface area (Å²) in [4.78, 5) is 10.7. The first-order valence-electron chi connectivity index (χ1n) is 5.30. The lowest BCUT2D eigenvalue weighted by molar-refractivity contribution is 0.0697. The van der Waals surface area contributed by atoms with E-state index in [1.807, 2.05) is 6.92 Å². The molecule has 0 bridgehead atoms. The lowest BCUT2D eigenvalue weighted by Gasteiger charge is -2.06. The third-order valence-electron chi connectivity index (χ3n) is 2.39. The molecule has 1 heterocycles. The zero-order valence-electron chi connectivity index (χ0n) is 9.95. The predicted octanol–water partition coefficient (Wildman–Crippen LogP) is 2.56. The summed E-state index contributed by atoms with van der Waals surface area (Å²) in [6.45, 7) is 1.90. The number of rotatable bonds is 4. The van der Waals surface area contributed by atoms with Crippen molar-refractivity contribution in [1.82, 2.24) is 0 Å². The Morgan fingerprint density at radius 2 is 1.89 bits per heavy atom. The fraction of sp³-hybridized carbons (Fsp3) is 0.0833. The molecule has 0 unspecified atom stereocenters. The number of hydrogen-bond donors (Lipinski definition) is 2. The van der Waals surface area contributed by atoms with Crippen molar-refractivity contribution in [2.24, 2.45) is 0 Å². The van der Waals surface area contributed by atoms with Crippen LogP contribution < -0.4 is 4.72 Å². The normalized spacial score (nSPS) is 11.2. The number of anilines is 1. The minimum atomic E-state index is -3.73. The highest BCUT2D eigenvalue weighted by Crippen LogP contribution is 2.23. The number of thiophene rings is 1. The fourth-order valence-electron chi connectivity index (χ4n) is 1.40. The van der Waals surface area contributed by atoms with Crippen LogP contribution in [0, 0.1) is 6.92 Å². The molecule has 0 saturated carbocycles. The van der Waals surface area contributed by atoms with Gasteiger partial charge in [-0.1, -0.05) is 17.7 Å². The van der Waals surface area contributed by atoms with E-state index < -0.39 is 16.0 Å². The molecule has 0 amide bonds. The SMILES string of the molecule is Cc1ccc(NS(=O)(=O)c2cc(C(=O)O)cs2)cc1. The molecule has 0 atom stereocenters. The Bertz CT molecular complexity index is 702. The molecule has 19 heavy (non-hydrogen) atoms. The number of sulfonamides is 1. The van der Waals surface area contributed by atoms with E-state index >= 15 is 0 Å². The maximum absolute atomic E-state index is 12.0. The summed E-state index contributed by atoms with van der Waals surface area (Å²) in [5.74, 6) is -1.15. The summed E-state index contributed by atoms with van der Waals surface area (Å²) in [5.41, 5.74) is 1.43. The van der Waals surface area contributed by atoms with E-state index in [1.165, 1.54) is 5.38 Å². The first-order chi connectivity index (χ1) is 8.88. The van der Waals surface area contributed by atoms with Crippen molar-refractivity contribution in [1.29, 1.82) is 0 Å². The molecule has 2 rings (SSSR count). The van der Waals surface area contributed by atoms with Gasteiger partial charge in [-0.25, -0.2) is 13.2 Å². The molecule has 0 aliphatic carbocycles. The molecule has 0 aliphatic heterocycles. The molecular weight excluding hydrogens is 286 g/mol. The maximum Gasteiger partial charge on any atom is 0.336 e. The molecule has 2 aromatic rings. The molecule has 7 heteroatoms. The molecule has 0 aliphatic rings. The van der Waals surface area contributed by atoms with E-state index in [1.54, 1.807) is 24.3 Å². The van der Waals surface area contributed by atoms with Gasteiger partial charge < -0.3 is 5.11 Å². The molecule has 0 saturated heterocycles. The highest BCUT2D eigenvalue weighted by atomic mass is 32.2. The maximum atomic E-state index is 12.0. The first-order valence-corrected chi connectivity index (χ1v) is 7.66. The van der Waals surface area contributed by atoms with E-state index in [0.29, 0.717) is 5.69 Å². The van der Waals surface area contributed by atoms with Crippen molar-refractivity contribution in [3.8, 4) is 0 Å². The van der Waals surface area contributed by atoms with Gasteiger partial charge in [-0.05, 0) is 25.1 Å². The highest BCUT2D eigenvalue weighted by molar-refractivity contribution is 7.94. The van der Waals surface area contributed by atoms with Gasteiger partial charge >= 0.3 is 5.97 Å². The van der Waals surface area contributed by atoms with Crippen LogP contribution in [-0.2, 0) is 10.0 Å². The van der Waals surface area contributed by atoms with Crippen LogP contribution in [0.1, 0.15) is 15.9 Å². The van der Waals surface area contributed by atoms with Crippen molar-refractivity contribution in [3.63, 3.8) is 0 Å². The summed E-state index contributed by atoms with van der Waals surface area (Å²) in [5, 5.41) is 10.1. The number of hydrogen-bond acceptors (Lipinski definition) is 4. The van der Waals surface area contributed by atoms with Gasteiger partial charge in [-0.2, -0.15) is 0 Å². The minimum Gasteiger partial charge on any atom is -0.478 e. The second-order valence-electron chi connectivity index (χ2n) is 3.93. The molecular formula is C12H11NO4S2. The monoisotopic (exact) mass is 297 g/mol. The van der Waals surface area contributed by atoms with Crippen LogP contribution in [0.3, 0.4) is 0 Å². The second-order valence-corrected chi connectivity index (χ2v) is 6.75. The number of aryl methyl sites for hydroxylation is 1. The van der Waals surface area contributed by atoms with E-state index in [9.17, 15) is 13.2 Å². The van der Waals surface area contributed by atoms with Crippen molar-refractivity contribution in [3.05, 3.63) is 46.8 Å². The second kappa shape index (κ2) is 5.02. The predicted molar refractivity (Wildman–Crippen MR) is 73.3 cm³/mol. The van der Waals surface area contributed by atoms with Crippen molar-refractivity contribution < 1.29 is 18.3 Å². The third kappa shape index (κ3) is 3.12. The fourth-order valence-corrected chi connectivity index (χ4v) is 3.61. The Morgan fingerprint density at radius 1 is 1.26 bits per heavy atom. The molecule has 0 spiro atoms. The molecule has 0 radical (unpaired) electrons. The zero-order chi connectivity index (χ0) is 14.0. The van der Waals surface area contributed by atoms with Crippen LogP contribution in [0.2, 0.25) is 0 Å². The average Bonchev–Trinajstić information content (AvgIpc) is 2.82. The average molecular weight is 297 g/mol. The van der Waals surface area contributed by atoms with Crippen LogP contribution >= 0.6 is 11.3 Å². The van der Waals surface area contributed by atoms with E-state index in [0.717, 1.165) is 23.0 Å². The Labute approximate surface area is 114 Å². The summed E-state index contributed by atoms with van der Waals surface area (Å²) in [6.07, 6.45) is 0. The summed E-state index contributed by atoms with van der Waals surface area (Å²) >= 11 is 0.876. The Balaban J connectivity index is 2.26. The van der Waals surface area contributed by atoms with E-state index in [2.05, 4.69) is 4.72 Å². The number of carbonyl (C=O) groups is 1. The number of carboxylic acid groups (broad SMARTS) is 1. The molecule has 100 valence electrons. The summed E-state index contributed by atoms with van der Waals surface area (Å²) in [7, 11) is -3.73. The number of benzene rings is 1. The van der Waals surface area contributed by atoms with E-state index in [4.69, 9.17) is 5.11 Å². The Kier molecular flexibility index (Phi) is 3.59. The van der Waals surface area contributed by atoms with E-state index in [-0.39, 0.29) is 9.77 Å². The molecule has 0 fully saturated rings. The molecule has 1 aromatic carbocycles. The van der Waals surface area contributed by atoms with Gasteiger partial charge in [-0.3, -0.25) is 4.72 Å². The van der Waals surface area contributed by atoms with Gasteiger partial charge in [0.1, 0.15) is 4.21 Å². The standard InChI is InChI=1S/C12H11NO4S2/c1-8-2-4-10(5-3-8)13-19(16,17)11-6-9(7-18-11)12(14)15/h2-7,13H,1H3,(H,14,15). The quantitative estimate of drug-likeness (QED) is 0.908. The van der Waals surface area contributed by atoms with Crippen molar-refractivity contribution in [2.45, 2.75) is 11.1 Å². The first kappa shape index (κ1) is 13.6. The largest absolute Gasteiger partial charge is 0.478 e. The van der Waals surface area contributed by atoms with Crippen LogP contribution in [0.25, 0.3) is 0 Å². The molecule has 5 nitrogen and oxygen atoms in total. The van der Waals surface area contributed by atoms with Gasteiger partial charge in [0.05, 0.1) is 5.56 Å². The Morgan fingerprint density at radius 3 is 2.42 bits per heavy atom.